The van der Waals surface area contributed by atoms with Crippen molar-refractivity contribution in [1.82, 2.24) is 0 Å². The first kappa shape index (κ1) is 24.7. The number of fused-ring (bicyclic) bond motifs is 5. The molecule has 6 unspecified atom stereocenters. The topological polar surface area (TPSA) is 81.8 Å². The van der Waals surface area contributed by atoms with Crippen molar-refractivity contribution in [1.29, 1.82) is 0 Å². The number of aliphatic imine (C=N–C) groups is 1. The van der Waals surface area contributed by atoms with Crippen molar-refractivity contribution < 1.29 is 14.3 Å². The van der Waals surface area contributed by atoms with Gasteiger partial charge in [-0.15, -0.1) is 0 Å². The summed E-state index contributed by atoms with van der Waals surface area (Å²) >= 11 is 0. The molecule has 0 radical (unpaired) electrons. The molecule has 5 nitrogen and oxygen atoms in total. The molecule has 0 spiro atoms. The van der Waals surface area contributed by atoms with Crippen LogP contribution >= 0.6 is 0 Å². The van der Waals surface area contributed by atoms with Crippen molar-refractivity contribution in [3.8, 4) is 0 Å². The third-order valence-corrected chi connectivity index (χ3v) is 9.45. The average Bonchev–Trinajstić information content (AvgIpc) is 3.16. The fourth-order valence-electron chi connectivity index (χ4n) is 7.65. The van der Waals surface area contributed by atoms with Gasteiger partial charge in [0.25, 0.3) is 0 Å². The molecule has 2 fully saturated rings. The molecule has 34 heavy (non-hydrogen) atoms. The Hall–Kier alpha value is -2.43. The van der Waals surface area contributed by atoms with Gasteiger partial charge in [0.2, 0.25) is 5.91 Å². The first-order valence-corrected chi connectivity index (χ1v) is 12.9. The Morgan fingerprint density at radius 1 is 1.15 bits per heavy atom. The first-order chi connectivity index (χ1) is 16.2. The molecule has 1 amide bonds. The summed E-state index contributed by atoms with van der Waals surface area (Å²) in [4.78, 5) is 27.4. The molecule has 4 aliphatic carbocycles. The largest absolute Gasteiger partial charge is 0.462 e. The van der Waals surface area contributed by atoms with E-state index in [2.05, 4.69) is 50.6 Å². The second-order valence-electron chi connectivity index (χ2n) is 11.1. The van der Waals surface area contributed by atoms with Gasteiger partial charge in [0.1, 0.15) is 6.10 Å². The number of primary amides is 1. The Morgan fingerprint density at radius 2 is 1.91 bits per heavy atom. The number of carbonyl (C=O) groups is 2. The predicted octanol–water partition coefficient (Wildman–Crippen LogP) is 5.82. The van der Waals surface area contributed by atoms with Crippen LogP contribution in [0.2, 0.25) is 0 Å². The molecule has 0 aromatic carbocycles. The summed E-state index contributed by atoms with van der Waals surface area (Å²) < 4.78 is 5.72. The van der Waals surface area contributed by atoms with E-state index >= 15 is 0 Å². The van der Waals surface area contributed by atoms with Gasteiger partial charge in [-0.25, -0.2) is 0 Å². The van der Waals surface area contributed by atoms with Crippen LogP contribution in [0.25, 0.3) is 0 Å². The molecule has 4 rings (SSSR count). The number of hydrogen-bond donors (Lipinski definition) is 1. The number of esters is 1. The molecule has 0 aromatic heterocycles. The van der Waals surface area contributed by atoms with E-state index in [1.165, 1.54) is 29.6 Å². The van der Waals surface area contributed by atoms with Crippen LogP contribution in [0.5, 0.6) is 0 Å². The van der Waals surface area contributed by atoms with Crippen LogP contribution in [0, 0.1) is 28.6 Å². The van der Waals surface area contributed by atoms with Gasteiger partial charge in [-0.2, -0.15) is 0 Å². The molecule has 0 aromatic rings. The SMILES string of the molecule is C=CN=C/C(=C\C)C1=CCC2C3CC=C4CC(OC(=O)CCC(N)=O)CCC4(C)C3CCC12C. The zero-order valence-corrected chi connectivity index (χ0v) is 21.0. The first-order valence-electron chi connectivity index (χ1n) is 12.9. The molecule has 6 atom stereocenters. The van der Waals surface area contributed by atoms with Crippen LogP contribution in [0.1, 0.15) is 78.6 Å². The summed E-state index contributed by atoms with van der Waals surface area (Å²) in [5.74, 6) is 1.26. The minimum atomic E-state index is -0.461. The maximum absolute atomic E-state index is 12.1. The molecule has 0 aliphatic heterocycles. The zero-order valence-electron chi connectivity index (χ0n) is 21.0. The molecule has 0 bridgehead atoms. The van der Waals surface area contributed by atoms with Crippen molar-refractivity contribution in [2.45, 2.75) is 84.7 Å². The lowest BCUT2D eigenvalue weighted by Crippen LogP contribution is -2.50. The van der Waals surface area contributed by atoms with E-state index in [4.69, 9.17) is 10.5 Å². The Bertz CT molecular complexity index is 974. The summed E-state index contributed by atoms with van der Waals surface area (Å²) in [5, 5.41) is 0. The van der Waals surface area contributed by atoms with Crippen LogP contribution in [0.3, 0.4) is 0 Å². The Kier molecular flexibility index (Phi) is 7.02. The van der Waals surface area contributed by atoms with Crippen molar-refractivity contribution in [3.63, 3.8) is 0 Å². The Labute approximate surface area is 204 Å². The lowest BCUT2D eigenvalue weighted by molar-refractivity contribution is -0.152. The van der Waals surface area contributed by atoms with E-state index < -0.39 is 5.91 Å². The lowest BCUT2D eigenvalue weighted by atomic mass is 9.47. The summed E-state index contributed by atoms with van der Waals surface area (Å²) in [6, 6.07) is 0. The van der Waals surface area contributed by atoms with Gasteiger partial charge in [0.15, 0.2) is 0 Å². The van der Waals surface area contributed by atoms with Crippen LogP contribution < -0.4 is 5.73 Å². The van der Waals surface area contributed by atoms with E-state index in [-0.39, 0.29) is 35.7 Å². The molecule has 0 saturated heterocycles. The number of nitrogens with two attached hydrogens (primary N) is 1. The minimum Gasteiger partial charge on any atom is -0.462 e. The van der Waals surface area contributed by atoms with E-state index in [1.54, 1.807) is 6.20 Å². The molecule has 0 heterocycles. The fourth-order valence-corrected chi connectivity index (χ4v) is 7.65. The van der Waals surface area contributed by atoms with Crippen molar-refractivity contribution in [2.24, 2.45) is 39.3 Å². The van der Waals surface area contributed by atoms with Gasteiger partial charge in [-0.3, -0.25) is 14.6 Å². The third-order valence-electron chi connectivity index (χ3n) is 9.45. The predicted molar refractivity (Wildman–Crippen MR) is 136 cm³/mol. The smallest absolute Gasteiger partial charge is 0.306 e. The summed E-state index contributed by atoms with van der Waals surface area (Å²) in [6.07, 6.45) is 18.2. The van der Waals surface area contributed by atoms with E-state index in [9.17, 15) is 9.59 Å². The monoisotopic (exact) mass is 464 g/mol. The molecular formula is C29H40N2O3. The number of amides is 1. The average molecular weight is 465 g/mol. The van der Waals surface area contributed by atoms with Crippen LogP contribution in [-0.4, -0.2) is 24.2 Å². The second-order valence-corrected chi connectivity index (χ2v) is 11.1. The van der Waals surface area contributed by atoms with Crippen molar-refractivity contribution in [2.75, 3.05) is 0 Å². The quantitative estimate of drug-likeness (QED) is 0.293. The highest BCUT2D eigenvalue weighted by Crippen LogP contribution is 2.65. The van der Waals surface area contributed by atoms with E-state index in [1.807, 2.05) is 6.21 Å². The second kappa shape index (κ2) is 9.67. The van der Waals surface area contributed by atoms with Gasteiger partial charge >= 0.3 is 5.97 Å². The highest BCUT2D eigenvalue weighted by Gasteiger charge is 2.57. The normalized spacial score (nSPS) is 37.2. The maximum Gasteiger partial charge on any atom is 0.306 e. The Balaban J connectivity index is 1.48. The molecule has 5 heteroatoms. The number of carbonyl (C=O) groups excluding carboxylic acids is 2. The highest BCUT2D eigenvalue weighted by atomic mass is 16.5. The number of hydrogen-bond acceptors (Lipinski definition) is 4. The van der Waals surface area contributed by atoms with Crippen LogP contribution in [0.4, 0.5) is 0 Å². The van der Waals surface area contributed by atoms with Gasteiger partial charge < -0.3 is 10.5 Å². The third kappa shape index (κ3) is 4.34. The fraction of sp³-hybridized carbons (Fsp3) is 0.621. The number of nitrogens with zero attached hydrogens (tertiary/aromatic N) is 1. The van der Waals surface area contributed by atoms with E-state index in [0.717, 1.165) is 32.1 Å². The summed E-state index contributed by atoms with van der Waals surface area (Å²) in [6.45, 7) is 10.8. The van der Waals surface area contributed by atoms with E-state index in [0.29, 0.717) is 17.8 Å². The standard InChI is InChI=1S/C29H40N2O3/c1-5-19(18-31-6-2)23-9-10-24-22-8-7-20-17-21(34-27(33)12-11-26(30)32)13-15-28(20,3)25(22)14-16-29(23,24)4/h5-7,9,18,21-22,24-25H,2,8,10-17H2,1,3-4H3,(H2,30,32)/b19-5+,31-18?. The molecule has 2 saturated carbocycles. The lowest BCUT2D eigenvalue weighted by Gasteiger charge is -2.58. The van der Waals surface area contributed by atoms with Crippen LogP contribution in [0.15, 0.2) is 52.7 Å². The highest BCUT2D eigenvalue weighted by molar-refractivity contribution is 5.86. The molecule has 184 valence electrons. The van der Waals surface area contributed by atoms with Gasteiger partial charge in [-0.05, 0) is 85.2 Å². The summed E-state index contributed by atoms with van der Waals surface area (Å²) in [5.41, 5.74) is 9.75. The van der Waals surface area contributed by atoms with Crippen LogP contribution in [-0.2, 0) is 14.3 Å². The number of rotatable bonds is 7. The minimum absolute atomic E-state index is 0.0558. The van der Waals surface area contributed by atoms with Gasteiger partial charge in [-0.1, -0.05) is 44.2 Å². The van der Waals surface area contributed by atoms with Gasteiger partial charge in [0.05, 0.1) is 6.42 Å². The zero-order chi connectivity index (χ0) is 24.5. The molecule has 4 aliphatic rings. The number of ether oxygens (including phenoxy) is 1. The van der Waals surface area contributed by atoms with Crippen molar-refractivity contribution >= 4 is 18.1 Å². The Morgan fingerprint density at radius 3 is 2.62 bits per heavy atom. The molecular weight excluding hydrogens is 424 g/mol. The summed E-state index contributed by atoms with van der Waals surface area (Å²) in [7, 11) is 0. The number of allylic oxidation sites excluding steroid dienone is 5. The van der Waals surface area contributed by atoms with Gasteiger partial charge in [0, 0.05) is 25.3 Å². The maximum atomic E-state index is 12.1. The molecule has 2 N–H and O–H groups in total. The van der Waals surface area contributed by atoms with Crippen molar-refractivity contribution in [3.05, 3.63) is 47.7 Å².